The second kappa shape index (κ2) is 16.6. The zero-order valence-electron chi connectivity index (χ0n) is 29.0. The van der Waals surface area contributed by atoms with E-state index in [1.165, 1.54) is 42.0 Å². The summed E-state index contributed by atoms with van der Waals surface area (Å²) in [7, 11) is 0. The Morgan fingerprint density at radius 2 is 1.96 bits per heavy atom. The molecular weight excluding hydrogens is 800 g/mol. The van der Waals surface area contributed by atoms with Crippen LogP contribution in [0.2, 0.25) is 10.0 Å². The maximum Gasteiger partial charge on any atom is 1.00 e. The van der Waals surface area contributed by atoms with Gasteiger partial charge in [-0.05, 0) is 19.9 Å². The maximum absolute atomic E-state index is 13.8. The number of hydrogen-bond donors (Lipinski definition) is 5. The third-order valence-electron chi connectivity index (χ3n) is 9.02. The first kappa shape index (κ1) is 41.5. The minimum absolute atomic E-state index is 0. The van der Waals surface area contributed by atoms with Gasteiger partial charge in [0.05, 0.1) is 59.3 Å². The number of aliphatic carboxylic acids is 1. The first-order chi connectivity index (χ1) is 25.1. The number of anilines is 1. The number of hydrogen-bond acceptors (Lipinski definition) is 16. The molecule has 1 aromatic carbocycles. The van der Waals surface area contributed by atoms with Gasteiger partial charge in [0, 0.05) is 29.5 Å². The van der Waals surface area contributed by atoms with E-state index >= 15 is 0 Å². The largest absolute Gasteiger partial charge is 1.00 e. The molecule has 24 heteroatoms. The number of nitrogens with two attached hydrogens (primary N) is 1. The number of aromatic nitrogens is 5. The van der Waals surface area contributed by atoms with Crippen LogP contribution < -0.4 is 56.1 Å². The number of phenolic OH excluding ortho intramolecular Hbond substituents is 2. The number of carbonyl (C=O) groups excluding carboxylic acids is 4. The number of oxime groups is 1. The number of carbonyl (C=O) groups is 4. The molecule has 3 aliphatic rings. The van der Waals surface area contributed by atoms with E-state index in [1.54, 1.807) is 0 Å². The molecule has 19 nitrogen and oxygen atoms in total. The van der Waals surface area contributed by atoms with Crippen molar-refractivity contribution in [2.24, 2.45) is 5.16 Å². The third-order valence-corrected chi connectivity index (χ3v) is 11.7. The molecule has 0 saturated carbocycles. The van der Waals surface area contributed by atoms with Crippen LogP contribution in [-0.4, -0.2) is 125 Å². The van der Waals surface area contributed by atoms with Crippen LogP contribution in [0.15, 0.2) is 22.2 Å². The van der Waals surface area contributed by atoms with Crippen LogP contribution in [0.5, 0.6) is 11.5 Å². The van der Waals surface area contributed by atoms with Crippen LogP contribution in [0.25, 0.3) is 5.70 Å². The molecule has 0 aliphatic carbocycles. The Morgan fingerprint density at radius 3 is 2.59 bits per heavy atom. The summed E-state index contributed by atoms with van der Waals surface area (Å²) in [6.45, 7) is 5.21. The number of phenols is 2. The average molecular weight is 833 g/mol. The van der Waals surface area contributed by atoms with Crippen molar-refractivity contribution < 1.29 is 73.4 Å². The predicted octanol–water partition coefficient (Wildman–Crippen LogP) is -3.31. The number of thioether (sulfide) groups is 1. The number of benzene rings is 1. The van der Waals surface area contributed by atoms with Crippen molar-refractivity contribution in [3.8, 4) is 11.5 Å². The molecule has 2 saturated heterocycles. The maximum atomic E-state index is 13.8. The predicted molar refractivity (Wildman–Crippen MR) is 189 cm³/mol. The fourth-order valence-corrected chi connectivity index (χ4v) is 8.52. The topological polar surface area (TPSA) is 272 Å². The molecule has 3 amide bonds. The average Bonchev–Trinajstić information content (AvgIpc) is 3.91. The number of fused-ring (bicyclic) bond motifs is 1. The standard InChI is InChI=1S/C30H33Cl2N11O8S2.Na/c1-30(2,28(49)50)51-39-18(16-12-53-29(33)35-16)25(47)36-19-26(48)42-20(23-37-40-41-38-23)13(11-52-27(19)42)10-43(6-3-4-7-43)8-5-34-24(46)14-9-15(31)21(44)22(45)17(14)32;/h9,12,19,27H,3-8,10-11H2,1-2H3,(H7-,33,34,35,36,37,38,39,40,41,44,45,46,47,49,50);/q;+1/p-1/t19-,27-;/m1./s1. The number of nitrogens with one attached hydrogen (secondary N) is 2. The van der Waals surface area contributed by atoms with Gasteiger partial charge in [0.1, 0.15) is 23.7 Å². The monoisotopic (exact) mass is 831 g/mol. The van der Waals surface area contributed by atoms with E-state index in [2.05, 4.69) is 41.4 Å². The number of tetrazole rings is 1. The summed E-state index contributed by atoms with van der Waals surface area (Å²) in [4.78, 5) is 62.5. The van der Waals surface area contributed by atoms with Crippen molar-refractivity contribution in [3.05, 3.63) is 44.1 Å². The second-order valence-electron chi connectivity index (χ2n) is 13.0. The van der Waals surface area contributed by atoms with Crippen molar-refractivity contribution in [1.82, 2.24) is 41.1 Å². The van der Waals surface area contributed by atoms with Crippen LogP contribution in [0.4, 0.5) is 5.13 Å². The number of β-lactam (4-membered cyclic amide) rings is 1. The number of halogens is 2. The molecule has 2 aromatic heterocycles. The number of quaternary nitrogens is 1. The van der Waals surface area contributed by atoms with Gasteiger partial charge in [0.15, 0.2) is 27.9 Å². The molecule has 282 valence electrons. The van der Waals surface area contributed by atoms with Gasteiger partial charge < -0.3 is 50.9 Å². The van der Waals surface area contributed by atoms with E-state index < -0.39 is 52.2 Å². The first-order valence-electron chi connectivity index (χ1n) is 16.0. The summed E-state index contributed by atoms with van der Waals surface area (Å²) < 4.78 is 0.572. The van der Waals surface area contributed by atoms with Crippen molar-refractivity contribution in [3.63, 3.8) is 0 Å². The van der Waals surface area contributed by atoms with Crippen molar-refractivity contribution in [1.29, 1.82) is 0 Å². The van der Waals surface area contributed by atoms with E-state index in [9.17, 15) is 34.5 Å². The fraction of sp³-hybridized carbons (Fsp3) is 0.433. The van der Waals surface area contributed by atoms with Gasteiger partial charge in [-0.2, -0.15) is 5.21 Å². The number of rotatable bonds is 13. The summed E-state index contributed by atoms with van der Waals surface area (Å²) >= 11 is 14.5. The van der Waals surface area contributed by atoms with E-state index in [1.807, 2.05) is 0 Å². The summed E-state index contributed by atoms with van der Waals surface area (Å²) in [5, 5.41) is 56.4. The van der Waals surface area contributed by atoms with Crippen molar-refractivity contribution in [2.45, 2.75) is 43.7 Å². The number of carboxylic acid groups (broad SMARTS) is 1. The normalized spacial score (nSPS) is 19.4. The molecule has 6 rings (SSSR count). The Hall–Kier alpha value is -3.70. The zero-order chi connectivity index (χ0) is 38.2. The summed E-state index contributed by atoms with van der Waals surface area (Å²) in [5.74, 6) is -4.19. The Balaban J connectivity index is 0.00000561. The Kier molecular flexibility index (Phi) is 12.7. The van der Waals surface area contributed by atoms with Gasteiger partial charge in [0.25, 0.3) is 17.7 Å². The van der Waals surface area contributed by atoms with Crippen LogP contribution in [0.1, 0.15) is 48.6 Å². The Labute approximate surface area is 347 Å². The molecule has 2 atom stereocenters. The minimum atomic E-state index is -1.88. The second-order valence-corrected chi connectivity index (χ2v) is 15.7. The molecular formula is C30H32Cl2N11NaO8S2. The zero-order valence-corrected chi connectivity index (χ0v) is 34.2. The van der Waals surface area contributed by atoms with Crippen molar-refractivity contribution >= 4 is 86.5 Å². The number of carboxylic acids is 1. The summed E-state index contributed by atoms with van der Waals surface area (Å²) in [5.41, 5.74) is 4.71. The molecule has 0 unspecified atom stereocenters. The molecule has 2 fully saturated rings. The third kappa shape index (κ3) is 8.27. The van der Waals surface area contributed by atoms with Gasteiger partial charge in [-0.1, -0.05) is 28.4 Å². The molecule has 54 heavy (non-hydrogen) atoms. The van der Waals surface area contributed by atoms with Crippen LogP contribution in [0.3, 0.4) is 0 Å². The SMILES string of the molecule is CC(C)(O/N=C(\C(=O)N[C@@H]1C(=O)N2C(c3nnn[n-]3)=C(C[N+]3(CCNC(=O)c4cc(Cl)c(O)c(O)c4Cl)CCCC3)CS[C@H]12)c1csc(N)n1)C(=O)[O-].[Na+]. The van der Waals surface area contributed by atoms with Gasteiger partial charge >= 0.3 is 29.6 Å². The molecule has 0 radical (unpaired) electrons. The van der Waals surface area contributed by atoms with E-state index in [0.717, 1.165) is 42.8 Å². The van der Waals surface area contributed by atoms with E-state index in [4.69, 9.17) is 33.8 Å². The molecule has 3 aromatic rings. The number of likely N-dealkylation sites (tertiary alicyclic amines) is 1. The van der Waals surface area contributed by atoms with Gasteiger partial charge in [-0.25, -0.2) is 4.98 Å². The Morgan fingerprint density at radius 1 is 1.24 bits per heavy atom. The number of nitrogens with zero attached hydrogens (tertiary/aromatic N) is 8. The molecule has 6 N–H and O–H groups in total. The molecule has 5 heterocycles. The fourth-order valence-electron chi connectivity index (χ4n) is 6.21. The minimum Gasteiger partial charge on any atom is -0.546 e. The van der Waals surface area contributed by atoms with Gasteiger partial charge in [-0.3, -0.25) is 29.6 Å². The summed E-state index contributed by atoms with van der Waals surface area (Å²) in [6.07, 6.45) is 1.87. The van der Waals surface area contributed by atoms with Gasteiger partial charge in [0.2, 0.25) is 0 Å². The van der Waals surface area contributed by atoms with Crippen LogP contribution >= 0.6 is 46.3 Å². The van der Waals surface area contributed by atoms with Crippen molar-refractivity contribution in [2.75, 3.05) is 44.2 Å². The van der Waals surface area contributed by atoms with Crippen LogP contribution in [0, 0.1) is 0 Å². The van der Waals surface area contributed by atoms with Gasteiger partial charge in [-0.15, -0.1) is 23.1 Å². The van der Waals surface area contributed by atoms with E-state index in [-0.39, 0.29) is 74.1 Å². The molecule has 0 spiro atoms. The molecule has 0 bridgehead atoms. The number of aromatic hydroxyl groups is 2. The number of thiazole rings is 1. The number of amides is 3. The van der Waals surface area contributed by atoms with E-state index in [0.29, 0.717) is 29.0 Å². The molecule has 3 aliphatic heterocycles. The smallest absolute Gasteiger partial charge is 0.546 e. The first-order valence-corrected chi connectivity index (χ1v) is 18.7. The Bertz CT molecular complexity index is 2020. The number of nitrogen functional groups attached to an aromatic ring is 1. The van der Waals surface area contributed by atoms with Crippen LogP contribution in [-0.2, 0) is 19.2 Å². The summed E-state index contributed by atoms with van der Waals surface area (Å²) in [6, 6.07) is 0.164. The quantitative estimate of drug-likeness (QED) is 0.0282.